The monoisotopic (exact) mass is 239 g/mol. The van der Waals surface area contributed by atoms with E-state index in [1.54, 1.807) is 0 Å². The summed E-state index contributed by atoms with van der Waals surface area (Å²) in [7, 11) is 0. The largest absolute Gasteiger partial charge is 0.293 e. The van der Waals surface area contributed by atoms with E-state index in [9.17, 15) is 4.79 Å². The van der Waals surface area contributed by atoms with Crippen molar-refractivity contribution in [3.8, 4) is 0 Å². The molecule has 1 saturated carbocycles. The van der Waals surface area contributed by atoms with E-state index < -0.39 is 0 Å². The van der Waals surface area contributed by atoms with Crippen LogP contribution in [0.5, 0.6) is 0 Å². The van der Waals surface area contributed by atoms with Gasteiger partial charge in [-0.15, -0.1) is 0 Å². The van der Waals surface area contributed by atoms with Crippen LogP contribution in [0, 0.1) is 11.8 Å². The van der Waals surface area contributed by atoms with Crippen LogP contribution in [0.1, 0.15) is 46.0 Å². The summed E-state index contributed by atoms with van der Waals surface area (Å²) in [6, 6.07) is 0.571. The number of carbonyl (C=O) groups is 1. The highest BCUT2D eigenvalue weighted by Crippen LogP contribution is 2.38. The van der Waals surface area contributed by atoms with Crippen molar-refractivity contribution in [3.05, 3.63) is 0 Å². The number of hydrogen-bond acceptors (Lipinski definition) is 3. The van der Waals surface area contributed by atoms with Crippen LogP contribution in [-0.2, 0) is 4.79 Å². The van der Waals surface area contributed by atoms with Crippen LogP contribution in [0.2, 0.25) is 0 Å². The van der Waals surface area contributed by atoms with Gasteiger partial charge >= 0.3 is 0 Å². The molecular formula is C13H25N3O. The van der Waals surface area contributed by atoms with E-state index in [0.29, 0.717) is 12.0 Å². The van der Waals surface area contributed by atoms with Gasteiger partial charge in [-0.3, -0.25) is 15.1 Å². The first kappa shape index (κ1) is 12.8. The van der Waals surface area contributed by atoms with Gasteiger partial charge in [-0.2, -0.15) is 0 Å². The number of fused-ring (bicyclic) bond motifs is 1. The number of nitrogens with two attached hydrogens (primary N) is 1. The van der Waals surface area contributed by atoms with Crippen molar-refractivity contribution in [2.45, 2.75) is 58.0 Å². The molecule has 4 heteroatoms. The minimum absolute atomic E-state index is 0.0220. The number of carbonyl (C=O) groups excluding carboxylic acids is 1. The zero-order chi connectivity index (χ0) is 12.4. The third-order valence-corrected chi connectivity index (χ3v) is 4.45. The molecule has 1 saturated heterocycles. The van der Waals surface area contributed by atoms with Crippen LogP contribution in [0.25, 0.3) is 0 Å². The van der Waals surface area contributed by atoms with Gasteiger partial charge < -0.3 is 0 Å². The molecule has 0 bridgehead atoms. The molecule has 1 aliphatic carbocycles. The lowest BCUT2D eigenvalue weighted by molar-refractivity contribution is -0.128. The molecule has 2 fully saturated rings. The second kappa shape index (κ2) is 5.36. The van der Waals surface area contributed by atoms with Gasteiger partial charge in [0, 0.05) is 6.04 Å². The normalized spacial score (nSPS) is 31.3. The lowest BCUT2D eigenvalue weighted by Gasteiger charge is -2.37. The van der Waals surface area contributed by atoms with Crippen molar-refractivity contribution in [1.29, 1.82) is 0 Å². The van der Waals surface area contributed by atoms with E-state index >= 15 is 0 Å². The molecule has 2 aliphatic rings. The number of nitrogens with zero attached hydrogens (tertiary/aromatic N) is 1. The molecule has 0 aromatic heterocycles. The average molecular weight is 239 g/mol. The summed E-state index contributed by atoms with van der Waals surface area (Å²) in [5.74, 6) is 6.43. The van der Waals surface area contributed by atoms with Crippen molar-refractivity contribution >= 4 is 5.91 Å². The Kier molecular flexibility index (Phi) is 4.05. The maximum Gasteiger partial charge on any atom is 0.251 e. The summed E-state index contributed by atoms with van der Waals surface area (Å²) >= 11 is 0. The van der Waals surface area contributed by atoms with E-state index in [1.165, 1.54) is 32.1 Å². The Morgan fingerprint density at radius 1 is 1.29 bits per heavy atom. The molecule has 0 spiro atoms. The zero-order valence-electron chi connectivity index (χ0n) is 11.0. The first-order valence-corrected chi connectivity index (χ1v) is 6.91. The van der Waals surface area contributed by atoms with Crippen LogP contribution in [0.15, 0.2) is 0 Å². The summed E-state index contributed by atoms with van der Waals surface area (Å²) in [5.41, 5.74) is 2.34. The van der Waals surface area contributed by atoms with Crippen LogP contribution < -0.4 is 11.3 Å². The van der Waals surface area contributed by atoms with Crippen molar-refractivity contribution in [2.24, 2.45) is 17.7 Å². The zero-order valence-corrected chi connectivity index (χ0v) is 11.0. The highest BCUT2D eigenvalue weighted by atomic mass is 16.2. The van der Waals surface area contributed by atoms with Crippen LogP contribution in [0.3, 0.4) is 0 Å². The van der Waals surface area contributed by atoms with Crippen LogP contribution >= 0.6 is 0 Å². The molecule has 2 rings (SSSR count). The summed E-state index contributed by atoms with van der Waals surface area (Å²) in [6.07, 6.45) is 6.53. The third kappa shape index (κ3) is 2.47. The van der Waals surface area contributed by atoms with Gasteiger partial charge in [0.1, 0.15) is 0 Å². The second-order valence-electron chi connectivity index (χ2n) is 5.84. The van der Waals surface area contributed by atoms with Gasteiger partial charge in [0.2, 0.25) is 0 Å². The number of hydrogen-bond donors (Lipinski definition) is 2. The molecule has 0 aromatic rings. The first-order chi connectivity index (χ1) is 8.15. The van der Waals surface area contributed by atoms with Gasteiger partial charge in [0.05, 0.1) is 6.04 Å². The minimum atomic E-state index is -0.0481. The molecule has 3 N–H and O–H groups in total. The quantitative estimate of drug-likeness (QED) is 0.443. The van der Waals surface area contributed by atoms with Crippen molar-refractivity contribution in [1.82, 2.24) is 10.3 Å². The van der Waals surface area contributed by atoms with Gasteiger partial charge in [-0.1, -0.05) is 26.7 Å². The van der Waals surface area contributed by atoms with Gasteiger partial charge in [-0.25, -0.2) is 5.84 Å². The Balaban J connectivity index is 2.11. The molecule has 98 valence electrons. The topological polar surface area (TPSA) is 58.4 Å². The molecular weight excluding hydrogens is 214 g/mol. The van der Waals surface area contributed by atoms with E-state index in [-0.39, 0.29) is 11.9 Å². The SMILES string of the molecule is CC(C)C(C(=O)NN)N1CCC2CCCCC21. The molecule has 4 nitrogen and oxygen atoms in total. The summed E-state index contributed by atoms with van der Waals surface area (Å²) in [6.45, 7) is 5.28. The molecule has 17 heavy (non-hydrogen) atoms. The predicted octanol–water partition coefficient (Wildman–Crippen LogP) is 1.27. The maximum absolute atomic E-state index is 11.9. The Morgan fingerprint density at radius 2 is 2.00 bits per heavy atom. The lowest BCUT2D eigenvalue weighted by atomic mass is 9.84. The molecule has 3 unspecified atom stereocenters. The molecule has 1 aliphatic heterocycles. The average Bonchev–Trinajstić information content (AvgIpc) is 2.73. The number of rotatable bonds is 3. The van der Waals surface area contributed by atoms with E-state index in [0.717, 1.165) is 12.5 Å². The second-order valence-corrected chi connectivity index (χ2v) is 5.84. The number of likely N-dealkylation sites (tertiary alicyclic amines) is 1. The van der Waals surface area contributed by atoms with Gasteiger partial charge in [0.25, 0.3) is 5.91 Å². The van der Waals surface area contributed by atoms with E-state index in [4.69, 9.17) is 5.84 Å². The summed E-state index contributed by atoms with van der Waals surface area (Å²) < 4.78 is 0. The number of nitrogens with one attached hydrogen (secondary N) is 1. The molecule has 0 radical (unpaired) electrons. The maximum atomic E-state index is 11.9. The Hall–Kier alpha value is -0.610. The molecule has 1 heterocycles. The standard InChI is InChI=1S/C13H25N3O/c1-9(2)12(13(17)15-14)16-8-7-10-5-3-4-6-11(10)16/h9-12H,3-8,14H2,1-2H3,(H,15,17). The fourth-order valence-corrected chi connectivity index (χ4v) is 3.71. The fraction of sp³-hybridized carbons (Fsp3) is 0.923. The summed E-state index contributed by atoms with van der Waals surface area (Å²) in [4.78, 5) is 14.4. The van der Waals surface area contributed by atoms with E-state index in [1.807, 2.05) is 0 Å². The van der Waals surface area contributed by atoms with Crippen LogP contribution in [-0.4, -0.2) is 29.4 Å². The Labute approximate surface area is 104 Å². The van der Waals surface area contributed by atoms with Crippen molar-refractivity contribution in [3.63, 3.8) is 0 Å². The first-order valence-electron chi connectivity index (χ1n) is 6.91. The Bertz CT molecular complexity index is 280. The highest BCUT2D eigenvalue weighted by Gasteiger charge is 2.42. The van der Waals surface area contributed by atoms with Crippen molar-refractivity contribution in [2.75, 3.05) is 6.54 Å². The Morgan fingerprint density at radius 3 is 2.65 bits per heavy atom. The molecule has 0 aromatic carbocycles. The number of hydrazine groups is 1. The molecule has 1 amide bonds. The number of amides is 1. The third-order valence-electron chi connectivity index (χ3n) is 4.45. The van der Waals surface area contributed by atoms with Gasteiger partial charge in [-0.05, 0) is 37.6 Å². The smallest absolute Gasteiger partial charge is 0.251 e. The minimum Gasteiger partial charge on any atom is -0.293 e. The van der Waals surface area contributed by atoms with E-state index in [2.05, 4.69) is 24.2 Å². The predicted molar refractivity (Wildman–Crippen MR) is 68.0 cm³/mol. The summed E-state index contributed by atoms with van der Waals surface area (Å²) in [5, 5.41) is 0. The molecule has 3 atom stereocenters. The van der Waals surface area contributed by atoms with Gasteiger partial charge in [0.15, 0.2) is 0 Å². The highest BCUT2D eigenvalue weighted by molar-refractivity contribution is 5.81. The van der Waals surface area contributed by atoms with Crippen molar-refractivity contribution < 1.29 is 4.79 Å². The fourth-order valence-electron chi connectivity index (χ4n) is 3.71. The van der Waals surface area contributed by atoms with Crippen LogP contribution in [0.4, 0.5) is 0 Å². The lowest BCUT2D eigenvalue weighted by Crippen LogP contribution is -2.54.